The summed E-state index contributed by atoms with van der Waals surface area (Å²) in [4.78, 5) is 26.3. The lowest BCUT2D eigenvalue weighted by Gasteiger charge is -2.26. The van der Waals surface area contributed by atoms with Crippen molar-refractivity contribution in [2.45, 2.75) is 31.7 Å². The van der Waals surface area contributed by atoms with Gasteiger partial charge in [-0.1, -0.05) is 12.8 Å². The molecular formula is C26H35N7O2. The van der Waals surface area contributed by atoms with Gasteiger partial charge in [0.15, 0.2) is 0 Å². The van der Waals surface area contributed by atoms with Gasteiger partial charge in [0.1, 0.15) is 23.7 Å². The number of hydrogen-bond donors (Lipinski definition) is 2. The van der Waals surface area contributed by atoms with E-state index in [4.69, 9.17) is 9.72 Å². The Hall–Kier alpha value is -3.17. The molecule has 0 spiro atoms. The molecule has 9 heteroatoms. The van der Waals surface area contributed by atoms with Crippen molar-refractivity contribution < 1.29 is 9.53 Å². The number of piperazine rings is 1. The lowest BCUT2D eigenvalue weighted by Crippen LogP contribution is -2.44. The number of hydrogen-bond acceptors (Lipinski definition) is 7. The molecule has 1 amide bonds. The van der Waals surface area contributed by atoms with Gasteiger partial charge >= 0.3 is 0 Å². The summed E-state index contributed by atoms with van der Waals surface area (Å²) >= 11 is 0. The van der Waals surface area contributed by atoms with Crippen LogP contribution in [0.25, 0.3) is 11.0 Å². The van der Waals surface area contributed by atoms with E-state index in [1.54, 1.807) is 25.2 Å². The zero-order valence-corrected chi connectivity index (χ0v) is 20.7. The Morgan fingerprint density at radius 1 is 1.17 bits per heavy atom. The SMILES string of the molecule is CN(C)C(=O)c1cc2cnc(Nc3ccc(OCCN4CCNCC4)cc3)nc2n1C1CCCC1. The maximum absolute atomic E-state index is 12.9. The molecular weight excluding hydrogens is 442 g/mol. The molecule has 35 heavy (non-hydrogen) atoms. The van der Waals surface area contributed by atoms with Gasteiger partial charge in [0.25, 0.3) is 5.91 Å². The number of anilines is 2. The van der Waals surface area contributed by atoms with Crippen molar-refractivity contribution >= 4 is 28.6 Å². The van der Waals surface area contributed by atoms with Crippen LogP contribution in [0.5, 0.6) is 5.75 Å². The second-order valence-corrected chi connectivity index (χ2v) is 9.60. The summed E-state index contributed by atoms with van der Waals surface area (Å²) in [5.74, 6) is 1.37. The molecule has 0 atom stereocenters. The quantitative estimate of drug-likeness (QED) is 0.515. The lowest BCUT2D eigenvalue weighted by molar-refractivity contribution is 0.0815. The Bertz CT molecular complexity index is 1150. The molecule has 2 fully saturated rings. The van der Waals surface area contributed by atoms with Gasteiger partial charge < -0.3 is 24.8 Å². The highest BCUT2D eigenvalue weighted by atomic mass is 16.5. The van der Waals surface area contributed by atoms with Gasteiger partial charge in [-0.3, -0.25) is 9.69 Å². The van der Waals surface area contributed by atoms with Crippen molar-refractivity contribution in [2.75, 3.05) is 58.7 Å². The average molecular weight is 478 g/mol. The first-order valence-corrected chi connectivity index (χ1v) is 12.6. The third-order valence-electron chi connectivity index (χ3n) is 6.89. The van der Waals surface area contributed by atoms with Gasteiger partial charge in [-0.15, -0.1) is 0 Å². The predicted octanol–water partition coefficient (Wildman–Crippen LogP) is 3.28. The van der Waals surface area contributed by atoms with Crippen LogP contribution in [0.2, 0.25) is 0 Å². The number of carbonyl (C=O) groups is 1. The summed E-state index contributed by atoms with van der Waals surface area (Å²) in [6, 6.07) is 10.1. The highest BCUT2D eigenvalue weighted by Gasteiger charge is 2.26. The molecule has 3 heterocycles. The molecule has 0 bridgehead atoms. The maximum Gasteiger partial charge on any atom is 0.270 e. The van der Waals surface area contributed by atoms with E-state index in [-0.39, 0.29) is 5.91 Å². The summed E-state index contributed by atoms with van der Waals surface area (Å²) in [6.07, 6.45) is 6.30. The topological polar surface area (TPSA) is 87.6 Å². The molecule has 186 valence electrons. The van der Waals surface area contributed by atoms with Crippen LogP contribution in [0.3, 0.4) is 0 Å². The number of benzene rings is 1. The van der Waals surface area contributed by atoms with Gasteiger partial charge in [0, 0.05) is 70.1 Å². The van der Waals surface area contributed by atoms with Crippen molar-refractivity contribution in [3.63, 3.8) is 0 Å². The van der Waals surface area contributed by atoms with Crippen molar-refractivity contribution in [2.24, 2.45) is 0 Å². The summed E-state index contributed by atoms with van der Waals surface area (Å²) < 4.78 is 8.06. The van der Waals surface area contributed by atoms with E-state index in [0.29, 0.717) is 24.3 Å². The molecule has 9 nitrogen and oxygen atoms in total. The fourth-order valence-corrected chi connectivity index (χ4v) is 4.98. The number of amides is 1. The molecule has 1 aliphatic heterocycles. The first-order valence-electron chi connectivity index (χ1n) is 12.6. The zero-order chi connectivity index (χ0) is 24.2. The van der Waals surface area contributed by atoms with E-state index in [1.807, 2.05) is 30.3 Å². The minimum Gasteiger partial charge on any atom is -0.492 e. The van der Waals surface area contributed by atoms with Crippen LogP contribution in [0.15, 0.2) is 36.5 Å². The Balaban J connectivity index is 1.29. The Morgan fingerprint density at radius 2 is 1.91 bits per heavy atom. The average Bonchev–Trinajstić information content (AvgIpc) is 3.53. The zero-order valence-electron chi connectivity index (χ0n) is 20.7. The number of ether oxygens (including phenoxy) is 1. The van der Waals surface area contributed by atoms with Gasteiger partial charge in [0.05, 0.1) is 0 Å². The van der Waals surface area contributed by atoms with Crippen LogP contribution >= 0.6 is 0 Å². The monoisotopic (exact) mass is 477 g/mol. The van der Waals surface area contributed by atoms with E-state index in [2.05, 4.69) is 25.1 Å². The Morgan fingerprint density at radius 3 is 2.63 bits per heavy atom. The molecule has 2 N–H and O–H groups in total. The normalized spacial score (nSPS) is 17.1. The second-order valence-electron chi connectivity index (χ2n) is 9.60. The third-order valence-corrected chi connectivity index (χ3v) is 6.89. The maximum atomic E-state index is 12.9. The predicted molar refractivity (Wildman–Crippen MR) is 138 cm³/mol. The highest BCUT2D eigenvalue weighted by molar-refractivity contribution is 5.97. The fraction of sp³-hybridized carbons (Fsp3) is 0.500. The van der Waals surface area contributed by atoms with Crippen molar-refractivity contribution in [1.29, 1.82) is 0 Å². The highest BCUT2D eigenvalue weighted by Crippen LogP contribution is 2.35. The van der Waals surface area contributed by atoms with Crippen LogP contribution < -0.4 is 15.4 Å². The summed E-state index contributed by atoms with van der Waals surface area (Å²) in [7, 11) is 3.58. The van der Waals surface area contributed by atoms with E-state index >= 15 is 0 Å². The van der Waals surface area contributed by atoms with Crippen LogP contribution in [0.1, 0.15) is 42.2 Å². The number of rotatable bonds is 8. The van der Waals surface area contributed by atoms with Gasteiger partial charge in [-0.2, -0.15) is 4.98 Å². The molecule has 1 aliphatic carbocycles. The molecule has 3 aromatic rings. The molecule has 2 aliphatic rings. The van der Waals surface area contributed by atoms with Crippen LogP contribution in [-0.4, -0.2) is 83.7 Å². The van der Waals surface area contributed by atoms with Crippen molar-refractivity contribution in [3.8, 4) is 5.75 Å². The summed E-state index contributed by atoms with van der Waals surface area (Å²) in [5, 5.41) is 7.57. The number of carbonyl (C=O) groups excluding carboxylic acids is 1. The van der Waals surface area contributed by atoms with Gasteiger partial charge in [-0.05, 0) is 43.2 Å². The van der Waals surface area contributed by atoms with Crippen molar-refractivity contribution in [1.82, 2.24) is 29.7 Å². The Kier molecular flexibility index (Phi) is 7.15. The smallest absolute Gasteiger partial charge is 0.270 e. The lowest BCUT2D eigenvalue weighted by atomic mass is 10.2. The fourth-order valence-electron chi connectivity index (χ4n) is 4.98. The first kappa shape index (κ1) is 23.6. The minimum atomic E-state index is -0.00282. The molecule has 0 unspecified atom stereocenters. The van der Waals surface area contributed by atoms with E-state index < -0.39 is 0 Å². The third kappa shape index (κ3) is 5.41. The molecule has 2 aromatic heterocycles. The standard InChI is InChI=1S/C26H35N7O2/c1-31(2)25(34)23-17-19-18-28-26(30-24(19)33(23)21-5-3-4-6-21)29-20-7-9-22(10-8-20)35-16-15-32-13-11-27-12-14-32/h7-10,17-18,21,27H,3-6,11-16H2,1-2H3,(H,28,29,30). The summed E-state index contributed by atoms with van der Waals surface area (Å²) in [6.45, 7) is 5.87. The molecule has 5 rings (SSSR count). The van der Waals surface area contributed by atoms with E-state index in [1.165, 1.54) is 12.8 Å². The Labute approximate surface area is 206 Å². The number of aromatic nitrogens is 3. The van der Waals surface area contributed by atoms with Crippen molar-refractivity contribution in [3.05, 3.63) is 42.2 Å². The van der Waals surface area contributed by atoms with Gasteiger partial charge in [0.2, 0.25) is 5.95 Å². The number of nitrogens with one attached hydrogen (secondary N) is 2. The van der Waals surface area contributed by atoms with Crippen LogP contribution in [0.4, 0.5) is 11.6 Å². The van der Waals surface area contributed by atoms with Gasteiger partial charge in [-0.25, -0.2) is 4.98 Å². The molecule has 1 saturated carbocycles. The molecule has 1 aromatic carbocycles. The minimum absolute atomic E-state index is 0.00282. The largest absolute Gasteiger partial charge is 0.492 e. The molecule has 0 radical (unpaired) electrons. The van der Waals surface area contributed by atoms with E-state index in [9.17, 15) is 4.79 Å². The van der Waals surface area contributed by atoms with E-state index in [0.717, 1.165) is 68.0 Å². The first-order chi connectivity index (χ1) is 17.1. The number of nitrogens with zero attached hydrogens (tertiary/aromatic N) is 5. The number of fused-ring (bicyclic) bond motifs is 1. The van der Waals surface area contributed by atoms with Crippen LogP contribution in [-0.2, 0) is 0 Å². The van der Waals surface area contributed by atoms with Crippen LogP contribution in [0, 0.1) is 0 Å². The second kappa shape index (κ2) is 10.6. The molecule has 1 saturated heterocycles. The summed E-state index contributed by atoms with van der Waals surface area (Å²) in [5.41, 5.74) is 2.39.